The van der Waals surface area contributed by atoms with Crippen molar-refractivity contribution >= 4 is 11.4 Å². The molecule has 5 nitrogen and oxygen atoms in total. The van der Waals surface area contributed by atoms with Crippen molar-refractivity contribution in [3.63, 3.8) is 0 Å². The number of allylic oxidation sites excluding steroid dienone is 2. The van der Waals surface area contributed by atoms with E-state index < -0.39 is 0 Å². The number of hydrogen-bond acceptors (Lipinski definition) is 5. The number of nitrogens with zero attached hydrogens (tertiary/aromatic N) is 3. The summed E-state index contributed by atoms with van der Waals surface area (Å²) in [6.45, 7) is 4.11. The molecule has 1 aliphatic heterocycles. The molecular weight excluding hydrogens is 190 g/mol. The highest BCUT2D eigenvalue weighted by molar-refractivity contribution is 5.57. The zero-order valence-electron chi connectivity index (χ0n) is 9.15. The summed E-state index contributed by atoms with van der Waals surface area (Å²) >= 11 is 0. The predicted octanol–water partition coefficient (Wildman–Crippen LogP) is 1.09. The Labute approximate surface area is 89.1 Å². The molecule has 0 unspecified atom stereocenters. The molecule has 2 heterocycles. The molecule has 1 aliphatic rings. The Morgan fingerprint density at radius 1 is 1.27 bits per heavy atom. The third-order valence-electron chi connectivity index (χ3n) is 2.62. The lowest BCUT2D eigenvalue weighted by atomic mass is 10.3. The second-order valence-corrected chi connectivity index (χ2v) is 3.64. The monoisotopic (exact) mass is 205 g/mol. The van der Waals surface area contributed by atoms with E-state index in [-0.39, 0.29) is 0 Å². The van der Waals surface area contributed by atoms with Gasteiger partial charge in [-0.2, -0.15) is 0 Å². The number of hydrazine groups is 2. The van der Waals surface area contributed by atoms with E-state index in [2.05, 4.69) is 24.4 Å². The SMILES string of the molecule is CC1=C(C)N(c2cncc(N)c2)NN1C. The summed E-state index contributed by atoms with van der Waals surface area (Å²) in [5.74, 6) is 0. The van der Waals surface area contributed by atoms with E-state index in [0.29, 0.717) is 5.69 Å². The van der Waals surface area contributed by atoms with Crippen LogP contribution in [0.5, 0.6) is 0 Å². The maximum absolute atomic E-state index is 5.69. The molecule has 0 fully saturated rings. The lowest BCUT2D eigenvalue weighted by Crippen LogP contribution is -2.38. The van der Waals surface area contributed by atoms with Crippen molar-refractivity contribution in [3.8, 4) is 0 Å². The van der Waals surface area contributed by atoms with E-state index in [4.69, 9.17) is 5.73 Å². The number of anilines is 2. The minimum absolute atomic E-state index is 0.661. The molecule has 0 aliphatic carbocycles. The molecule has 0 bridgehead atoms. The predicted molar refractivity (Wildman–Crippen MR) is 60.4 cm³/mol. The largest absolute Gasteiger partial charge is 0.397 e. The molecule has 1 aromatic rings. The van der Waals surface area contributed by atoms with Crippen molar-refractivity contribution in [3.05, 3.63) is 29.9 Å². The molecule has 0 spiro atoms. The summed E-state index contributed by atoms with van der Waals surface area (Å²) in [6.07, 6.45) is 3.41. The maximum atomic E-state index is 5.69. The number of nitrogen functional groups attached to an aromatic ring is 1. The van der Waals surface area contributed by atoms with Crippen molar-refractivity contribution in [1.82, 2.24) is 15.5 Å². The van der Waals surface area contributed by atoms with Crippen LogP contribution in [0.1, 0.15) is 13.8 Å². The van der Waals surface area contributed by atoms with Crippen LogP contribution in [0.3, 0.4) is 0 Å². The number of nitrogens with one attached hydrogen (secondary N) is 1. The number of nitrogens with two attached hydrogens (primary N) is 1. The van der Waals surface area contributed by atoms with Gasteiger partial charge in [-0.15, -0.1) is 5.53 Å². The van der Waals surface area contributed by atoms with Gasteiger partial charge in [-0.25, -0.2) is 0 Å². The van der Waals surface area contributed by atoms with Crippen LogP contribution in [0.4, 0.5) is 11.4 Å². The molecule has 0 atom stereocenters. The van der Waals surface area contributed by atoms with Gasteiger partial charge in [-0.1, -0.05) is 0 Å². The average Bonchev–Trinajstić information content (AvgIpc) is 2.46. The molecule has 2 rings (SSSR count). The molecule has 1 aromatic heterocycles. The highest BCUT2D eigenvalue weighted by Crippen LogP contribution is 2.24. The Bertz CT molecular complexity index is 412. The van der Waals surface area contributed by atoms with Gasteiger partial charge in [0.1, 0.15) is 0 Å². The molecule has 0 saturated heterocycles. The first-order valence-corrected chi connectivity index (χ1v) is 4.78. The average molecular weight is 205 g/mol. The third-order valence-corrected chi connectivity index (χ3v) is 2.62. The first-order chi connectivity index (χ1) is 7.09. The minimum atomic E-state index is 0.661. The van der Waals surface area contributed by atoms with Crippen molar-refractivity contribution < 1.29 is 0 Å². The fourth-order valence-corrected chi connectivity index (χ4v) is 1.52. The molecule has 0 radical (unpaired) electrons. The number of rotatable bonds is 1. The normalized spacial score (nSPS) is 16.5. The van der Waals surface area contributed by atoms with Crippen LogP contribution in [0, 0.1) is 0 Å². The van der Waals surface area contributed by atoms with Gasteiger partial charge in [-0.3, -0.25) is 15.0 Å². The molecule has 3 N–H and O–H groups in total. The van der Waals surface area contributed by atoms with Crippen LogP contribution in [0.2, 0.25) is 0 Å². The minimum Gasteiger partial charge on any atom is -0.397 e. The second kappa shape index (κ2) is 3.43. The van der Waals surface area contributed by atoms with Gasteiger partial charge in [0.25, 0.3) is 0 Å². The van der Waals surface area contributed by atoms with Gasteiger partial charge in [0.2, 0.25) is 0 Å². The quantitative estimate of drug-likeness (QED) is 0.718. The van der Waals surface area contributed by atoms with Crippen molar-refractivity contribution in [2.24, 2.45) is 0 Å². The number of pyridine rings is 1. The summed E-state index contributed by atoms with van der Waals surface area (Å²) in [5, 5.41) is 3.91. The van der Waals surface area contributed by atoms with E-state index in [9.17, 15) is 0 Å². The van der Waals surface area contributed by atoms with Gasteiger partial charge in [0.05, 0.1) is 23.3 Å². The molecule has 80 valence electrons. The zero-order valence-corrected chi connectivity index (χ0v) is 9.15. The lowest BCUT2D eigenvalue weighted by Gasteiger charge is -2.21. The van der Waals surface area contributed by atoms with Crippen LogP contribution in [-0.2, 0) is 0 Å². The highest BCUT2D eigenvalue weighted by atomic mass is 15.8. The topological polar surface area (TPSA) is 57.4 Å². The summed E-state index contributed by atoms with van der Waals surface area (Å²) in [7, 11) is 1.97. The van der Waals surface area contributed by atoms with E-state index >= 15 is 0 Å². The van der Waals surface area contributed by atoms with E-state index in [1.165, 1.54) is 5.70 Å². The van der Waals surface area contributed by atoms with E-state index in [1.807, 2.05) is 23.1 Å². The van der Waals surface area contributed by atoms with Crippen LogP contribution in [0.15, 0.2) is 29.9 Å². The third kappa shape index (κ3) is 1.61. The Hall–Kier alpha value is -1.75. The van der Waals surface area contributed by atoms with Gasteiger partial charge >= 0.3 is 0 Å². The Balaban J connectivity index is 2.35. The van der Waals surface area contributed by atoms with Crippen LogP contribution in [-0.4, -0.2) is 17.0 Å². The molecule has 0 aromatic carbocycles. The smallest absolute Gasteiger partial charge is 0.0796 e. The lowest BCUT2D eigenvalue weighted by molar-refractivity contribution is 0.333. The number of aromatic nitrogens is 1. The van der Waals surface area contributed by atoms with Crippen molar-refractivity contribution in [1.29, 1.82) is 0 Å². The molecule has 15 heavy (non-hydrogen) atoms. The maximum Gasteiger partial charge on any atom is 0.0796 e. The first kappa shape index (κ1) is 9.79. The Kier molecular flexibility index (Phi) is 2.24. The number of hydrogen-bond donors (Lipinski definition) is 2. The summed E-state index contributed by atoms with van der Waals surface area (Å²) in [6, 6.07) is 1.88. The van der Waals surface area contributed by atoms with Gasteiger partial charge < -0.3 is 5.73 Å². The van der Waals surface area contributed by atoms with Gasteiger partial charge in [0, 0.05) is 18.9 Å². The van der Waals surface area contributed by atoms with E-state index in [1.54, 1.807) is 12.4 Å². The first-order valence-electron chi connectivity index (χ1n) is 4.78. The molecule has 0 amide bonds. The van der Waals surface area contributed by atoms with E-state index in [0.717, 1.165) is 11.4 Å². The van der Waals surface area contributed by atoms with Crippen LogP contribution < -0.4 is 16.3 Å². The van der Waals surface area contributed by atoms with Gasteiger partial charge in [-0.05, 0) is 19.9 Å². The molecular formula is C10H15N5. The summed E-state index contributed by atoms with van der Waals surface area (Å²) < 4.78 is 0. The summed E-state index contributed by atoms with van der Waals surface area (Å²) in [5.41, 5.74) is 12.8. The Morgan fingerprint density at radius 2 is 2.00 bits per heavy atom. The zero-order chi connectivity index (χ0) is 11.0. The van der Waals surface area contributed by atoms with Gasteiger partial charge in [0.15, 0.2) is 0 Å². The fourth-order valence-electron chi connectivity index (χ4n) is 1.52. The van der Waals surface area contributed by atoms with Crippen molar-refractivity contribution in [2.75, 3.05) is 17.8 Å². The highest BCUT2D eigenvalue weighted by Gasteiger charge is 2.21. The van der Waals surface area contributed by atoms with Crippen LogP contribution in [0.25, 0.3) is 0 Å². The fraction of sp³-hybridized carbons (Fsp3) is 0.300. The van der Waals surface area contributed by atoms with Crippen LogP contribution >= 0.6 is 0 Å². The standard InChI is InChI=1S/C10H15N5/c1-7-8(2)15(13-14(7)3)10-4-9(11)5-12-6-10/h4-6,13H,11H2,1-3H3. The molecule has 5 heteroatoms. The van der Waals surface area contributed by atoms with Crippen molar-refractivity contribution in [2.45, 2.75) is 13.8 Å². The summed E-state index contributed by atoms with van der Waals surface area (Å²) in [4.78, 5) is 4.07. The molecule has 0 saturated carbocycles. The Morgan fingerprint density at radius 3 is 2.53 bits per heavy atom. The second-order valence-electron chi connectivity index (χ2n) is 3.64.